The van der Waals surface area contributed by atoms with Crippen LogP contribution in [0.1, 0.15) is 33.1 Å². The number of piperidine rings is 1. The number of rotatable bonds is 3. The zero-order chi connectivity index (χ0) is 21.8. The summed E-state index contributed by atoms with van der Waals surface area (Å²) in [5.41, 5.74) is 1.74. The van der Waals surface area contributed by atoms with Crippen LogP contribution in [0.25, 0.3) is 11.0 Å². The van der Waals surface area contributed by atoms with Crippen molar-refractivity contribution < 1.29 is 34.6 Å². The maximum absolute atomic E-state index is 10.7. The molecule has 1 aliphatic heterocycles. The van der Waals surface area contributed by atoms with Gasteiger partial charge in [0.05, 0.1) is 26.2 Å². The van der Waals surface area contributed by atoms with Gasteiger partial charge in [0.2, 0.25) is 0 Å². The molecule has 3 rings (SSSR count). The standard InChI is InChI=1S/C16H24N5O.F6P/c1-3-19(4-2)16(20-12-8-5-9-13-20)22-21-15-11-7-6-10-14(15)17-18-21;1-7(2,3,4,5)6/h6-7,10-11H,3-5,8-9,12-13H2,1-2H3;/q+1;-1. The van der Waals surface area contributed by atoms with Crippen LogP contribution < -0.4 is 4.84 Å². The van der Waals surface area contributed by atoms with Gasteiger partial charge in [0.15, 0.2) is 0 Å². The quantitative estimate of drug-likeness (QED) is 0.283. The number of fused-ring (bicyclic) bond motifs is 1. The number of benzene rings is 1. The Morgan fingerprint density at radius 3 is 2.14 bits per heavy atom. The van der Waals surface area contributed by atoms with Gasteiger partial charge in [0, 0.05) is 0 Å². The number of nitrogens with zero attached hydrogens (tertiary/aromatic N) is 5. The molecular weight excluding hydrogens is 423 g/mol. The van der Waals surface area contributed by atoms with Gasteiger partial charge in [-0.05, 0) is 50.5 Å². The van der Waals surface area contributed by atoms with E-state index in [-0.39, 0.29) is 0 Å². The van der Waals surface area contributed by atoms with Crippen molar-refractivity contribution in [3.05, 3.63) is 24.3 Å². The first kappa shape index (κ1) is 23.2. The van der Waals surface area contributed by atoms with Crippen molar-refractivity contribution in [1.29, 1.82) is 0 Å². The average Bonchev–Trinajstić information content (AvgIpc) is 3.03. The summed E-state index contributed by atoms with van der Waals surface area (Å²) in [6.45, 7) is 8.20. The van der Waals surface area contributed by atoms with E-state index < -0.39 is 7.81 Å². The Kier molecular flexibility index (Phi) is 6.37. The van der Waals surface area contributed by atoms with E-state index in [0.29, 0.717) is 0 Å². The third-order valence-corrected chi connectivity index (χ3v) is 4.15. The number of amidine groups is 1. The molecule has 0 atom stereocenters. The number of halogens is 6. The number of aromatic nitrogens is 3. The Hall–Kier alpha value is -2.10. The summed E-state index contributed by atoms with van der Waals surface area (Å²) in [6.07, 6.45) is 3.73. The molecular formula is C16H24F6N5OP. The molecule has 13 heteroatoms. The van der Waals surface area contributed by atoms with Gasteiger partial charge in [-0.3, -0.25) is 4.84 Å². The minimum absolute atomic E-state index is 0.847. The molecule has 1 aromatic carbocycles. The van der Waals surface area contributed by atoms with Gasteiger partial charge in [-0.25, -0.2) is 9.48 Å². The fraction of sp³-hybridized carbons (Fsp3) is 0.562. The Labute approximate surface area is 163 Å². The monoisotopic (exact) mass is 447 g/mol. The minimum atomic E-state index is -10.7. The number of hydrogen-bond acceptors (Lipinski definition) is 3. The molecule has 2 aromatic rings. The van der Waals surface area contributed by atoms with E-state index in [0.717, 1.165) is 43.2 Å². The molecule has 0 amide bonds. The summed E-state index contributed by atoms with van der Waals surface area (Å²) in [5.74, 6) is 0. The molecule has 166 valence electrons. The van der Waals surface area contributed by atoms with Gasteiger partial charge in [-0.1, -0.05) is 17.0 Å². The van der Waals surface area contributed by atoms with Crippen LogP contribution in [0, 0.1) is 0 Å². The first-order valence-electron chi connectivity index (χ1n) is 9.20. The molecule has 1 aliphatic rings. The van der Waals surface area contributed by atoms with Crippen LogP contribution in [0.4, 0.5) is 25.2 Å². The topological polar surface area (TPSA) is 46.2 Å². The summed E-state index contributed by atoms with van der Waals surface area (Å²) < 4.78 is 61.5. The van der Waals surface area contributed by atoms with E-state index in [4.69, 9.17) is 4.84 Å². The van der Waals surface area contributed by atoms with E-state index in [9.17, 15) is 25.2 Å². The third-order valence-electron chi connectivity index (χ3n) is 4.15. The predicted molar refractivity (Wildman–Crippen MR) is 99.4 cm³/mol. The predicted octanol–water partition coefficient (Wildman–Crippen LogP) is 5.14. The molecule has 0 radical (unpaired) electrons. The molecule has 1 saturated heterocycles. The molecule has 1 fully saturated rings. The summed E-state index contributed by atoms with van der Waals surface area (Å²) in [6, 6.07) is 8.75. The van der Waals surface area contributed by atoms with Crippen molar-refractivity contribution in [3.63, 3.8) is 0 Å². The Balaban J connectivity index is 0.000000370. The molecule has 6 nitrogen and oxygen atoms in total. The molecule has 0 unspecified atom stereocenters. The Morgan fingerprint density at radius 1 is 1.03 bits per heavy atom. The van der Waals surface area contributed by atoms with E-state index >= 15 is 0 Å². The van der Waals surface area contributed by atoms with Crippen LogP contribution in [0.2, 0.25) is 0 Å². The Morgan fingerprint density at radius 2 is 1.59 bits per heavy atom. The summed E-state index contributed by atoms with van der Waals surface area (Å²) >= 11 is 0. The van der Waals surface area contributed by atoms with Gasteiger partial charge in [0.25, 0.3) is 0 Å². The molecule has 0 saturated carbocycles. The fourth-order valence-electron chi connectivity index (χ4n) is 2.89. The van der Waals surface area contributed by atoms with Gasteiger partial charge < -0.3 is 0 Å². The first-order chi connectivity index (χ1) is 13.3. The van der Waals surface area contributed by atoms with E-state index in [1.54, 1.807) is 0 Å². The summed E-state index contributed by atoms with van der Waals surface area (Å²) in [4.78, 5) is 9.94. The molecule has 0 aliphatic carbocycles. The average molecular weight is 447 g/mol. The summed E-state index contributed by atoms with van der Waals surface area (Å²) in [7, 11) is -10.7. The maximum atomic E-state index is 9.87. The van der Waals surface area contributed by atoms with Crippen molar-refractivity contribution in [1.82, 2.24) is 20.1 Å². The second kappa shape index (κ2) is 7.97. The van der Waals surface area contributed by atoms with Crippen molar-refractivity contribution in [2.24, 2.45) is 0 Å². The zero-order valence-electron chi connectivity index (χ0n) is 16.1. The molecule has 1 aromatic heterocycles. The van der Waals surface area contributed by atoms with E-state index in [1.807, 2.05) is 24.3 Å². The SMILES string of the molecule is CCN(CC)C(On1nnc2ccccc21)=[N+]1CCCCC1.F[P-](F)(F)(F)(F)F. The third kappa shape index (κ3) is 8.43. The van der Waals surface area contributed by atoms with Crippen LogP contribution in [0.3, 0.4) is 0 Å². The van der Waals surface area contributed by atoms with Gasteiger partial charge in [-0.2, -0.15) is 0 Å². The number of hydrogen-bond donors (Lipinski definition) is 0. The first-order valence-corrected chi connectivity index (χ1v) is 11.2. The van der Waals surface area contributed by atoms with Crippen molar-refractivity contribution in [3.8, 4) is 0 Å². The van der Waals surface area contributed by atoms with Crippen molar-refractivity contribution in [2.45, 2.75) is 33.1 Å². The van der Waals surface area contributed by atoms with E-state index in [1.165, 1.54) is 24.1 Å². The van der Waals surface area contributed by atoms with Crippen LogP contribution in [-0.4, -0.2) is 56.8 Å². The molecule has 0 spiro atoms. The van der Waals surface area contributed by atoms with Crippen LogP contribution in [0.5, 0.6) is 0 Å². The normalized spacial score (nSPS) is 17.0. The zero-order valence-corrected chi connectivity index (χ0v) is 17.0. The van der Waals surface area contributed by atoms with E-state index in [2.05, 4.69) is 33.6 Å². The molecule has 2 heterocycles. The number of para-hydroxylation sites is 1. The molecule has 0 N–H and O–H groups in total. The second-order valence-electron chi connectivity index (χ2n) is 6.50. The fourth-order valence-corrected chi connectivity index (χ4v) is 2.89. The molecule has 0 bridgehead atoms. The van der Waals surface area contributed by atoms with Gasteiger partial charge >= 0.3 is 39.0 Å². The summed E-state index contributed by atoms with van der Waals surface area (Å²) in [5, 5.41) is 8.32. The van der Waals surface area contributed by atoms with Crippen LogP contribution in [-0.2, 0) is 0 Å². The Bertz CT molecular complexity index is 844. The van der Waals surface area contributed by atoms with Gasteiger partial charge in [0.1, 0.15) is 11.0 Å². The van der Waals surface area contributed by atoms with Gasteiger partial charge in [-0.15, -0.1) is 5.10 Å². The second-order valence-corrected chi connectivity index (χ2v) is 8.42. The molecule has 29 heavy (non-hydrogen) atoms. The van der Waals surface area contributed by atoms with Crippen molar-refractivity contribution >= 4 is 24.9 Å². The van der Waals surface area contributed by atoms with Crippen LogP contribution >= 0.6 is 7.81 Å². The van der Waals surface area contributed by atoms with Crippen LogP contribution in [0.15, 0.2) is 24.3 Å². The van der Waals surface area contributed by atoms with Crippen molar-refractivity contribution in [2.75, 3.05) is 26.2 Å².